The number of carbonyl (C=O) groups excluding carboxylic acids is 2. The third-order valence-electron chi connectivity index (χ3n) is 8.20. The zero-order chi connectivity index (χ0) is 21.4. The first-order valence-electron chi connectivity index (χ1n) is 12.0. The van der Waals surface area contributed by atoms with Crippen LogP contribution in [-0.2, 0) is 16.1 Å². The summed E-state index contributed by atoms with van der Waals surface area (Å²) in [6.45, 7) is 4.00. The third-order valence-corrected chi connectivity index (χ3v) is 8.20. The smallest absolute Gasteiger partial charge is 0.242 e. The highest BCUT2D eigenvalue weighted by Gasteiger charge is 2.51. The number of amides is 2. The van der Waals surface area contributed by atoms with Gasteiger partial charge in [0.05, 0.1) is 6.54 Å². The Morgan fingerprint density at radius 3 is 2.10 bits per heavy atom. The van der Waals surface area contributed by atoms with Crippen LogP contribution in [0.3, 0.4) is 0 Å². The highest BCUT2D eigenvalue weighted by molar-refractivity contribution is 5.85. The van der Waals surface area contributed by atoms with Gasteiger partial charge in [-0.15, -0.1) is 0 Å². The molecule has 6 nitrogen and oxygen atoms in total. The largest absolute Gasteiger partial charge is 0.508 e. The van der Waals surface area contributed by atoms with Crippen molar-refractivity contribution in [2.75, 3.05) is 32.7 Å². The number of benzene rings is 1. The number of rotatable bonds is 6. The topological polar surface area (TPSA) is 72.9 Å². The normalized spacial score (nSPS) is 32.3. The quantitative estimate of drug-likeness (QED) is 0.735. The number of phenols is 1. The maximum Gasteiger partial charge on any atom is 0.242 e. The summed E-state index contributed by atoms with van der Waals surface area (Å²) in [4.78, 5) is 29.5. The summed E-state index contributed by atoms with van der Waals surface area (Å²) in [7, 11) is 0. The molecule has 31 heavy (non-hydrogen) atoms. The van der Waals surface area contributed by atoms with Gasteiger partial charge in [-0.3, -0.25) is 14.5 Å². The Morgan fingerprint density at radius 2 is 1.52 bits per heavy atom. The maximum atomic E-state index is 12.7. The van der Waals surface area contributed by atoms with E-state index in [0.29, 0.717) is 19.5 Å². The lowest BCUT2D eigenvalue weighted by atomic mass is 9.49. The molecule has 6 heteroatoms. The van der Waals surface area contributed by atoms with Gasteiger partial charge in [0, 0.05) is 39.1 Å². The molecule has 5 fully saturated rings. The van der Waals surface area contributed by atoms with Crippen molar-refractivity contribution in [3.05, 3.63) is 29.8 Å². The first kappa shape index (κ1) is 20.8. The molecular weight excluding hydrogens is 390 g/mol. The van der Waals surface area contributed by atoms with Gasteiger partial charge in [0.25, 0.3) is 0 Å². The van der Waals surface area contributed by atoms with Gasteiger partial charge in [0.2, 0.25) is 11.8 Å². The van der Waals surface area contributed by atoms with Gasteiger partial charge >= 0.3 is 0 Å². The van der Waals surface area contributed by atoms with Gasteiger partial charge in [0.1, 0.15) is 5.75 Å². The lowest BCUT2D eigenvalue weighted by Crippen LogP contribution is -2.51. The average Bonchev–Trinajstić information content (AvgIpc) is 2.73. The zero-order valence-electron chi connectivity index (χ0n) is 18.4. The maximum absolute atomic E-state index is 12.7. The zero-order valence-corrected chi connectivity index (χ0v) is 18.4. The minimum absolute atomic E-state index is 0.0307. The molecule has 0 unspecified atom stereocenters. The van der Waals surface area contributed by atoms with E-state index in [1.165, 1.54) is 38.5 Å². The average molecular weight is 426 g/mol. The second kappa shape index (κ2) is 8.45. The summed E-state index contributed by atoms with van der Waals surface area (Å²) < 4.78 is 0. The molecule has 4 bridgehead atoms. The summed E-state index contributed by atoms with van der Waals surface area (Å²) in [5, 5.41) is 12.4. The predicted octanol–water partition coefficient (Wildman–Crippen LogP) is 2.76. The fourth-order valence-corrected chi connectivity index (χ4v) is 7.21. The number of piperazine rings is 1. The number of nitrogens with one attached hydrogen (secondary N) is 1. The van der Waals surface area contributed by atoms with Crippen LogP contribution in [0.25, 0.3) is 0 Å². The van der Waals surface area contributed by atoms with Crippen molar-refractivity contribution >= 4 is 11.8 Å². The van der Waals surface area contributed by atoms with Crippen LogP contribution in [0.2, 0.25) is 0 Å². The van der Waals surface area contributed by atoms with Crippen LogP contribution in [0, 0.1) is 23.2 Å². The second-order valence-corrected chi connectivity index (χ2v) is 10.7. The number of nitrogens with zero attached hydrogens (tertiary/aromatic N) is 2. The summed E-state index contributed by atoms with van der Waals surface area (Å²) in [5.74, 6) is 2.92. The molecule has 0 spiro atoms. The van der Waals surface area contributed by atoms with E-state index in [2.05, 4.69) is 10.2 Å². The number of hydrogen-bond donors (Lipinski definition) is 2. The van der Waals surface area contributed by atoms with Crippen molar-refractivity contribution in [3.63, 3.8) is 0 Å². The molecule has 1 aromatic rings. The van der Waals surface area contributed by atoms with E-state index in [4.69, 9.17) is 0 Å². The SMILES string of the molecule is O=C(CC12CC3CC(CC(C3)C1)C2)NCC(=O)N1CCN(Cc2ccc(O)cc2)CC1. The summed E-state index contributed by atoms with van der Waals surface area (Å²) >= 11 is 0. The Balaban J connectivity index is 1.04. The number of aromatic hydroxyl groups is 1. The Kier molecular flexibility index (Phi) is 5.67. The molecule has 2 amide bonds. The number of hydrogen-bond acceptors (Lipinski definition) is 4. The molecule has 1 aromatic carbocycles. The van der Waals surface area contributed by atoms with Crippen LogP contribution in [0.4, 0.5) is 0 Å². The third kappa shape index (κ3) is 4.74. The molecule has 4 aliphatic carbocycles. The van der Waals surface area contributed by atoms with Gasteiger partial charge in [0.15, 0.2) is 0 Å². The molecule has 1 saturated heterocycles. The first-order chi connectivity index (χ1) is 15.0. The van der Waals surface area contributed by atoms with E-state index in [0.717, 1.165) is 43.0 Å². The first-order valence-corrected chi connectivity index (χ1v) is 12.0. The van der Waals surface area contributed by atoms with Crippen LogP contribution in [-0.4, -0.2) is 59.4 Å². The molecule has 6 rings (SSSR count). The molecule has 2 N–H and O–H groups in total. The lowest BCUT2D eigenvalue weighted by Gasteiger charge is -2.56. The van der Waals surface area contributed by atoms with E-state index in [-0.39, 0.29) is 29.5 Å². The van der Waals surface area contributed by atoms with E-state index in [1.54, 1.807) is 12.1 Å². The Bertz CT molecular complexity index is 779. The molecule has 5 aliphatic rings. The highest BCUT2D eigenvalue weighted by atomic mass is 16.3. The second-order valence-electron chi connectivity index (χ2n) is 10.7. The molecule has 0 radical (unpaired) electrons. The fraction of sp³-hybridized carbons (Fsp3) is 0.680. The van der Waals surface area contributed by atoms with E-state index in [1.807, 2.05) is 17.0 Å². The summed E-state index contributed by atoms with van der Waals surface area (Å²) in [6.07, 6.45) is 8.45. The molecule has 0 atom stereocenters. The molecular formula is C25H35N3O3. The van der Waals surface area contributed by atoms with E-state index >= 15 is 0 Å². The van der Waals surface area contributed by atoms with Crippen LogP contribution in [0.15, 0.2) is 24.3 Å². The van der Waals surface area contributed by atoms with Crippen molar-refractivity contribution in [2.45, 2.75) is 51.5 Å². The summed E-state index contributed by atoms with van der Waals surface area (Å²) in [6, 6.07) is 7.29. The van der Waals surface area contributed by atoms with Crippen molar-refractivity contribution in [2.24, 2.45) is 23.2 Å². The van der Waals surface area contributed by atoms with Crippen LogP contribution < -0.4 is 5.32 Å². The standard InChI is InChI=1S/C25H35N3O3/c29-22-3-1-18(2-4-22)17-27-5-7-28(8-6-27)24(31)16-26-23(30)15-25-12-19-9-20(13-25)11-21(10-19)14-25/h1-4,19-21,29H,5-17H2,(H,26,30). The Labute approximate surface area is 185 Å². The Hall–Kier alpha value is -2.08. The summed E-state index contributed by atoms with van der Waals surface area (Å²) in [5.41, 5.74) is 1.39. The fourth-order valence-electron chi connectivity index (χ4n) is 7.21. The minimum atomic E-state index is 0.0307. The monoisotopic (exact) mass is 425 g/mol. The van der Waals surface area contributed by atoms with Crippen LogP contribution in [0.1, 0.15) is 50.5 Å². The van der Waals surface area contributed by atoms with Gasteiger partial charge < -0.3 is 15.3 Å². The molecule has 168 valence electrons. The molecule has 1 heterocycles. The van der Waals surface area contributed by atoms with Crippen molar-refractivity contribution in [3.8, 4) is 5.75 Å². The lowest BCUT2D eigenvalue weighted by molar-refractivity contribution is -0.136. The van der Waals surface area contributed by atoms with Crippen molar-refractivity contribution in [1.29, 1.82) is 0 Å². The predicted molar refractivity (Wildman–Crippen MR) is 118 cm³/mol. The Morgan fingerprint density at radius 1 is 0.935 bits per heavy atom. The molecule has 0 aromatic heterocycles. The van der Waals surface area contributed by atoms with E-state index in [9.17, 15) is 14.7 Å². The highest BCUT2D eigenvalue weighted by Crippen LogP contribution is 2.61. The van der Waals surface area contributed by atoms with Gasteiger partial charge in [-0.1, -0.05) is 12.1 Å². The molecule has 4 saturated carbocycles. The van der Waals surface area contributed by atoms with Gasteiger partial charge in [-0.25, -0.2) is 0 Å². The molecule has 1 aliphatic heterocycles. The van der Waals surface area contributed by atoms with Crippen LogP contribution in [0.5, 0.6) is 5.75 Å². The van der Waals surface area contributed by atoms with Gasteiger partial charge in [-0.05, 0) is 79.4 Å². The van der Waals surface area contributed by atoms with E-state index < -0.39 is 0 Å². The van der Waals surface area contributed by atoms with Crippen molar-refractivity contribution in [1.82, 2.24) is 15.1 Å². The number of phenolic OH excluding ortho intramolecular Hbond substituents is 1. The van der Waals surface area contributed by atoms with Crippen molar-refractivity contribution < 1.29 is 14.7 Å². The van der Waals surface area contributed by atoms with Gasteiger partial charge in [-0.2, -0.15) is 0 Å². The van der Waals surface area contributed by atoms with Crippen LogP contribution >= 0.6 is 0 Å². The minimum Gasteiger partial charge on any atom is -0.508 e. The number of carbonyl (C=O) groups is 2.